The molecule has 2 N–H and O–H groups in total. The highest BCUT2D eigenvalue weighted by atomic mass is 19.1. The Bertz CT molecular complexity index is 710. The first kappa shape index (κ1) is 15.6. The minimum atomic E-state index is -0.566. The number of hydrogen-bond acceptors (Lipinski definition) is 3. The molecule has 122 valence electrons. The minimum Gasteiger partial charge on any atom is -0.351 e. The van der Waals surface area contributed by atoms with Gasteiger partial charge in [-0.05, 0) is 25.6 Å². The van der Waals surface area contributed by atoms with Gasteiger partial charge < -0.3 is 10.6 Å². The average molecular weight is 320 g/mol. The van der Waals surface area contributed by atoms with Crippen LogP contribution in [0.4, 0.5) is 8.78 Å². The number of aryl methyl sites for hydroxylation is 1. The molecule has 5 nitrogen and oxygen atoms in total. The van der Waals surface area contributed by atoms with Crippen LogP contribution in [0.3, 0.4) is 0 Å². The molecule has 0 spiro atoms. The molecule has 0 bridgehead atoms. The zero-order chi connectivity index (χ0) is 16.6. The summed E-state index contributed by atoms with van der Waals surface area (Å²) in [6, 6.07) is 3.02. The molecule has 7 heteroatoms. The molecular weight excluding hydrogens is 302 g/mol. The highest BCUT2D eigenvalue weighted by molar-refractivity contribution is 5.83. The first-order chi connectivity index (χ1) is 11.0. The summed E-state index contributed by atoms with van der Waals surface area (Å²) in [5.41, 5.74) is 0.793. The van der Waals surface area contributed by atoms with E-state index < -0.39 is 17.7 Å². The summed E-state index contributed by atoms with van der Waals surface area (Å²) in [6.07, 6.45) is 3.90. The molecule has 0 radical (unpaired) electrons. The van der Waals surface area contributed by atoms with Crippen molar-refractivity contribution in [1.82, 2.24) is 20.4 Å². The Balaban J connectivity index is 1.68. The summed E-state index contributed by atoms with van der Waals surface area (Å²) < 4.78 is 29.1. The molecule has 1 aromatic heterocycles. The Morgan fingerprint density at radius 3 is 2.65 bits per heavy atom. The van der Waals surface area contributed by atoms with Crippen LogP contribution in [0.2, 0.25) is 0 Å². The largest absolute Gasteiger partial charge is 0.351 e. The van der Waals surface area contributed by atoms with Crippen LogP contribution in [0.1, 0.15) is 29.5 Å². The first-order valence-electron chi connectivity index (χ1n) is 7.41. The average Bonchev–Trinajstić information content (AvgIpc) is 3.09. The Morgan fingerprint density at radius 1 is 1.39 bits per heavy atom. The zero-order valence-electron chi connectivity index (χ0n) is 12.9. The second-order valence-electron chi connectivity index (χ2n) is 5.76. The number of aromatic nitrogens is 2. The number of amides is 1. The molecule has 2 aromatic rings. The van der Waals surface area contributed by atoms with Gasteiger partial charge in [-0.1, -0.05) is 6.07 Å². The minimum absolute atomic E-state index is 0.0557. The third kappa shape index (κ3) is 3.10. The van der Waals surface area contributed by atoms with Crippen LogP contribution in [-0.2, 0) is 11.8 Å². The SMILES string of the molecule is CNC(C(=O)NC1CC1c1c(F)cccc1F)c1cnn(C)c1. The van der Waals surface area contributed by atoms with E-state index >= 15 is 0 Å². The molecule has 1 heterocycles. The van der Waals surface area contributed by atoms with E-state index in [1.165, 1.54) is 18.2 Å². The van der Waals surface area contributed by atoms with E-state index in [0.29, 0.717) is 6.42 Å². The molecule has 3 atom stereocenters. The summed E-state index contributed by atoms with van der Waals surface area (Å²) in [5.74, 6) is -1.68. The number of carbonyl (C=O) groups excluding carboxylic acids is 1. The van der Waals surface area contributed by atoms with E-state index in [1.807, 2.05) is 0 Å². The van der Waals surface area contributed by atoms with Crippen LogP contribution in [0.5, 0.6) is 0 Å². The fourth-order valence-electron chi connectivity index (χ4n) is 2.84. The van der Waals surface area contributed by atoms with Crippen molar-refractivity contribution in [2.24, 2.45) is 7.05 Å². The molecule has 3 rings (SSSR count). The molecule has 1 aliphatic rings. The Morgan fingerprint density at radius 2 is 2.09 bits per heavy atom. The predicted octanol–water partition coefficient (Wildman–Crippen LogP) is 1.63. The van der Waals surface area contributed by atoms with Crippen molar-refractivity contribution < 1.29 is 13.6 Å². The summed E-state index contributed by atoms with van der Waals surface area (Å²) >= 11 is 0. The van der Waals surface area contributed by atoms with Crippen LogP contribution in [0.25, 0.3) is 0 Å². The molecule has 1 fully saturated rings. The molecule has 3 unspecified atom stereocenters. The van der Waals surface area contributed by atoms with Gasteiger partial charge in [0.05, 0.1) is 6.20 Å². The summed E-state index contributed by atoms with van der Waals surface area (Å²) in [4.78, 5) is 12.4. The highest BCUT2D eigenvalue weighted by Crippen LogP contribution is 2.43. The molecule has 1 amide bonds. The zero-order valence-corrected chi connectivity index (χ0v) is 12.9. The van der Waals surface area contributed by atoms with Crippen molar-refractivity contribution in [3.63, 3.8) is 0 Å². The van der Waals surface area contributed by atoms with Crippen molar-refractivity contribution in [2.45, 2.75) is 24.4 Å². The van der Waals surface area contributed by atoms with Gasteiger partial charge in [-0.25, -0.2) is 8.78 Å². The van der Waals surface area contributed by atoms with E-state index in [4.69, 9.17) is 0 Å². The van der Waals surface area contributed by atoms with Crippen molar-refractivity contribution in [2.75, 3.05) is 7.05 Å². The quantitative estimate of drug-likeness (QED) is 0.880. The molecular formula is C16H18F2N4O. The predicted molar refractivity (Wildman–Crippen MR) is 80.7 cm³/mol. The fraction of sp³-hybridized carbons (Fsp3) is 0.375. The van der Waals surface area contributed by atoms with Crippen LogP contribution in [0, 0.1) is 11.6 Å². The molecule has 1 saturated carbocycles. The number of nitrogens with zero attached hydrogens (tertiary/aromatic N) is 2. The van der Waals surface area contributed by atoms with Crippen LogP contribution in [-0.4, -0.2) is 28.8 Å². The lowest BCUT2D eigenvalue weighted by atomic mass is 10.1. The topological polar surface area (TPSA) is 59.0 Å². The van der Waals surface area contributed by atoms with Gasteiger partial charge in [0, 0.05) is 36.3 Å². The van der Waals surface area contributed by atoms with E-state index in [9.17, 15) is 13.6 Å². The number of rotatable bonds is 5. The lowest BCUT2D eigenvalue weighted by molar-refractivity contribution is -0.123. The van der Waals surface area contributed by atoms with E-state index in [-0.39, 0.29) is 23.4 Å². The van der Waals surface area contributed by atoms with Gasteiger partial charge in [-0.2, -0.15) is 5.10 Å². The number of likely N-dealkylation sites (N-methyl/N-ethyl adjacent to an activating group) is 1. The summed E-state index contributed by atoms with van der Waals surface area (Å²) in [6.45, 7) is 0. The number of benzene rings is 1. The second-order valence-corrected chi connectivity index (χ2v) is 5.76. The molecule has 0 saturated heterocycles. The maximum Gasteiger partial charge on any atom is 0.242 e. The summed E-state index contributed by atoms with van der Waals surface area (Å²) in [5, 5.41) is 9.82. The Kier molecular flexibility index (Phi) is 4.12. The second kappa shape index (κ2) is 6.08. The molecule has 1 aromatic carbocycles. The Labute approximate surface area is 132 Å². The van der Waals surface area contributed by atoms with E-state index in [0.717, 1.165) is 5.56 Å². The number of carbonyl (C=O) groups is 1. The van der Waals surface area contributed by atoms with Crippen molar-refractivity contribution >= 4 is 5.91 Å². The monoisotopic (exact) mass is 320 g/mol. The molecule has 1 aliphatic carbocycles. The highest BCUT2D eigenvalue weighted by Gasteiger charge is 2.43. The number of halogens is 2. The van der Waals surface area contributed by atoms with Crippen molar-refractivity contribution in [3.8, 4) is 0 Å². The van der Waals surface area contributed by atoms with E-state index in [1.54, 1.807) is 31.2 Å². The van der Waals surface area contributed by atoms with Crippen LogP contribution < -0.4 is 10.6 Å². The number of hydrogen-bond donors (Lipinski definition) is 2. The first-order valence-corrected chi connectivity index (χ1v) is 7.41. The third-order valence-corrected chi connectivity index (χ3v) is 4.10. The van der Waals surface area contributed by atoms with Gasteiger partial charge >= 0.3 is 0 Å². The molecule has 0 aliphatic heterocycles. The maximum atomic E-state index is 13.8. The van der Waals surface area contributed by atoms with Crippen LogP contribution >= 0.6 is 0 Å². The lowest BCUT2D eigenvalue weighted by Gasteiger charge is -2.14. The smallest absolute Gasteiger partial charge is 0.242 e. The number of nitrogens with one attached hydrogen (secondary N) is 2. The van der Waals surface area contributed by atoms with Gasteiger partial charge in [0.1, 0.15) is 17.7 Å². The van der Waals surface area contributed by atoms with Crippen molar-refractivity contribution in [1.29, 1.82) is 0 Å². The van der Waals surface area contributed by atoms with Gasteiger partial charge in [-0.3, -0.25) is 9.48 Å². The van der Waals surface area contributed by atoms with Gasteiger partial charge in [0.25, 0.3) is 0 Å². The Hall–Kier alpha value is -2.28. The standard InChI is InChI=1S/C16H18F2N4O/c1-19-15(9-7-20-22(2)8-9)16(23)21-13-6-10(13)14-11(17)4-3-5-12(14)18/h3-5,7-8,10,13,15,19H,6H2,1-2H3,(H,21,23). The van der Waals surface area contributed by atoms with Gasteiger partial charge in [0.15, 0.2) is 0 Å². The lowest BCUT2D eigenvalue weighted by Crippen LogP contribution is -2.37. The fourth-order valence-corrected chi connectivity index (χ4v) is 2.84. The normalized spacial score (nSPS) is 21.0. The third-order valence-electron chi connectivity index (χ3n) is 4.10. The van der Waals surface area contributed by atoms with Gasteiger partial charge in [-0.15, -0.1) is 0 Å². The maximum absolute atomic E-state index is 13.8. The molecule has 23 heavy (non-hydrogen) atoms. The summed E-state index contributed by atoms with van der Waals surface area (Å²) in [7, 11) is 3.45. The van der Waals surface area contributed by atoms with Crippen LogP contribution in [0.15, 0.2) is 30.6 Å². The van der Waals surface area contributed by atoms with E-state index in [2.05, 4.69) is 15.7 Å². The van der Waals surface area contributed by atoms with Crippen molar-refractivity contribution in [3.05, 3.63) is 53.4 Å². The van der Waals surface area contributed by atoms with Gasteiger partial charge in [0.2, 0.25) is 5.91 Å².